The fraction of sp³-hybridized carbons (Fsp3) is 0.191. The van der Waals surface area contributed by atoms with E-state index in [-0.39, 0.29) is 22.3 Å². The summed E-state index contributed by atoms with van der Waals surface area (Å²) in [4.78, 5) is 25.2. The predicted octanol–water partition coefficient (Wildman–Crippen LogP) is 9.97. The van der Waals surface area contributed by atoms with Gasteiger partial charge >= 0.3 is 12.3 Å². The third kappa shape index (κ3) is 8.82. The van der Waals surface area contributed by atoms with Crippen molar-refractivity contribution in [3.63, 3.8) is 0 Å². The van der Waals surface area contributed by atoms with Crippen molar-refractivity contribution < 1.29 is 38.7 Å². The first-order valence-corrected chi connectivity index (χ1v) is 17.9. The van der Waals surface area contributed by atoms with Gasteiger partial charge in [0.1, 0.15) is 23.0 Å². The summed E-state index contributed by atoms with van der Waals surface area (Å²) in [5, 5.41) is 23.1. The van der Waals surface area contributed by atoms with Crippen molar-refractivity contribution in [3.05, 3.63) is 179 Å². The van der Waals surface area contributed by atoms with Gasteiger partial charge in [0.2, 0.25) is 0 Å². The number of carbonyl (C=O) groups is 2. The Balaban J connectivity index is 1.01. The lowest BCUT2D eigenvalue weighted by Gasteiger charge is -2.27. The van der Waals surface area contributed by atoms with Crippen molar-refractivity contribution in [3.8, 4) is 34.5 Å². The molecule has 6 rings (SSSR count). The minimum absolute atomic E-state index is 0.0362. The van der Waals surface area contributed by atoms with Crippen LogP contribution in [0.15, 0.2) is 146 Å². The van der Waals surface area contributed by atoms with E-state index in [1.165, 1.54) is 0 Å². The van der Waals surface area contributed by atoms with Crippen LogP contribution in [0.5, 0.6) is 34.5 Å². The van der Waals surface area contributed by atoms with E-state index in [1.54, 1.807) is 72.8 Å². The van der Waals surface area contributed by atoms with E-state index >= 15 is 0 Å². The van der Waals surface area contributed by atoms with Crippen LogP contribution < -0.4 is 29.2 Å². The van der Waals surface area contributed by atoms with Crippen LogP contribution in [0.3, 0.4) is 0 Å². The van der Waals surface area contributed by atoms with Gasteiger partial charge in [-0.25, -0.2) is 9.59 Å². The first kappa shape index (κ1) is 38.2. The van der Waals surface area contributed by atoms with E-state index < -0.39 is 17.7 Å². The van der Waals surface area contributed by atoms with Gasteiger partial charge in [0.05, 0.1) is 0 Å². The van der Waals surface area contributed by atoms with Crippen molar-refractivity contribution in [2.24, 2.45) is 0 Å². The average Bonchev–Trinajstić information content (AvgIpc) is 3.16. The summed E-state index contributed by atoms with van der Waals surface area (Å²) in [6.45, 7) is 12.4. The summed E-state index contributed by atoms with van der Waals surface area (Å²) in [5.41, 5.74) is 4.81. The molecule has 6 aromatic rings. The first-order valence-electron chi connectivity index (χ1n) is 17.9. The van der Waals surface area contributed by atoms with Crippen LogP contribution in [0, 0.1) is 0 Å². The molecule has 0 unspecified atom stereocenters. The van der Waals surface area contributed by atoms with Crippen LogP contribution in [0.1, 0.15) is 74.9 Å². The van der Waals surface area contributed by atoms with Gasteiger partial charge in [-0.1, -0.05) is 139 Å². The molecule has 0 heterocycles. The van der Waals surface area contributed by atoms with Crippen LogP contribution in [-0.2, 0) is 16.2 Å². The van der Waals surface area contributed by atoms with E-state index in [1.807, 2.05) is 72.8 Å². The Kier molecular flexibility index (Phi) is 10.7. The number of rotatable bonds is 10. The highest BCUT2D eigenvalue weighted by molar-refractivity contribution is 5.68. The van der Waals surface area contributed by atoms with Gasteiger partial charge in [-0.3, -0.25) is 0 Å². The zero-order chi connectivity index (χ0) is 39.4. The zero-order valence-corrected chi connectivity index (χ0v) is 31.6. The average molecular weight is 735 g/mol. The van der Waals surface area contributed by atoms with Crippen LogP contribution >= 0.6 is 0 Å². The molecule has 280 valence electrons. The Morgan fingerprint density at radius 2 is 0.491 bits per heavy atom. The largest absolute Gasteiger partial charge is 0.872 e. The molecule has 0 aromatic heterocycles. The molecule has 55 heavy (non-hydrogen) atoms. The second kappa shape index (κ2) is 15.4. The van der Waals surface area contributed by atoms with E-state index in [9.17, 15) is 19.8 Å². The summed E-state index contributed by atoms with van der Waals surface area (Å²) in [6.07, 6.45) is -1.72. The number of hydrogen-bond acceptors (Lipinski definition) is 8. The summed E-state index contributed by atoms with van der Waals surface area (Å²) in [5.74, 6) is 1.28. The van der Waals surface area contributed by atoms with Gasteiger partial charge in [-0.2, -0.15) is 0 Å². The smallest absolute Gasteiger partial charge is 0.519 e. The Morgan fingerprint density at radius 3 is 0.673 bits per heavy atom. The first-order chi connectivity index (χ1) is 26.1. The normalized spacial score (nSPS) is 11.7. The summed E-state index contributed by atoms with van der Waals surface area (Å²) in [6, 6.07) is 42.3. The standard InChI is InChI=1S/C47H44O8/c1-45(2,31-7-19-37(48)20-8-31)33-11-23-39(24-12-33)52-43(50)54-41-27-15-35(16-28-41)47(5,6)36-17-29-42(30-18-36)55-44(51)53-40-25-13-34(14-26-40)46(3,4)32-9-21-38(49)22-10-32/h7-30,48-49H,1-6H3/p-2. The van der Waals surface area contributed by atoms with Crippen molar-refractivity contribution in [1.29, 1.82) is 0 Å². The number of carbonyl (C=O) groups excluding carboxylic acids is 2. The molecule has 0 aliphatic heterocycles. The van der Waals surface area contributed by atoms with Crippen LogP contribution in [0.25, 0.3) is 0 Å². The fourth-order valence-electron chi connectivity index (χ4n) is 6.43. The molecule has 0 saturated heterocycles. The maximum Gasteiger partial charge on any atom is 0.519 e. The monoisotopic (exact) mass is 734 g/mol. The number of ether oxygens (including phenoxy) is 4. The summed E-state index contributed by atoms with van der Waals surface area (Å²) < 4.78 is 21.7. The highest BCUT2D eigenvalue weighted by atomic mass is 16.7. The lowest BCUT2D eigenvalue weighted by atomic mass is 9.78. The predicted molar refractivity (Wildman–Crippen MR) is 207 cm³/mol. The zero-order valence-electron chi connectivity index (χ0n) is 31.6. The highest BCUT2D eigenvalue weighted by Gasteiger charge is 2.26. The third-order valence-electron chi connectivity index (χ3n) is 10.3. The van der Waals surface area contributed by atoms with Gasteiger partial charge in [-0.15, -0.1) is 11.5 Å². The maximum atomic E-state index is 12.6. The van der Waals surface area contributed by atoms with E-state index in [2.05, 4.69) is 41.5 Å². The summed E-state index contributed by atoms with van der Waals surface area (Å²) in [7, 11) is 0. The molecule has 8 heteroatoms. The van der Waals surface area contributed by atoms with Gasteiger partial charge in [0.25, 0.3) is 0 Å². The van der Waals surface area contributed by atoms with Crippen LogP contribution in [-0.4, -0.2) is 12.3 Å². The molecule has 0 aliphatic carbocycles. The third-order valence-corrected chi connectivity index (χ3v) is 10.3. The fourth-order valence-corrected chi connectivity index (χ4v) is 6.43. The Bertz CT molecular complexity index is 2070. The molecule has 0 radical (unpaired) electrons. The highest BCUT2D eigenvalue weighted by Crippen LogP contribution is 2.36. The number of hydrogen-bond donors (Lipinski definition) is 0. The van der Waals surface area contributed by atoms with Crippen molar-refractivity contribution in [2.75, 3.05) is 0 Å². The van der Waals surface area contributed by atoms with Crippen molar-refractivity contribution >= 4 is 12.3 Å². The van der Waals surface area contributed by atoms with E-state index in [0.29, 0.717) is 23.0 Å². The molecule has 0 aliphatic rings. The molecule has 0 N–H and O–H groups in total. The quantitative estimate of drug-likeness (QED) is 0.101. The molecule has 0 atom stereocenters. The maximum absolute atomic E-state index is 12.6. The van der Waals surface area contributed by atoms with E-state index in [0.717, 1.165) is 33.4 Å². The van der Waals surface area contributed by atoms with Crippen molar-refractivity contribution in [2.45, 2.75) is 57.8 Å². The SMILES string of the molecule is CC(C)(c1ccc([O-])cc1)c1ccc(OC(=O)Oc2ccc(C(C)(C)c3ccc(OC(=O)Oc4ccc(C(C)(C)c5ccc([O-])cc5)cc4)cc3)cc2)cc1. The molecule has 8 nitrogen and oxygen atoms in total. The Hall–Kier alpha value is -6.54. The Labute approximate surface area is 321 Å². The van der Waals surface area contributed by atoms with Crippen LogP contribution in [0.4, 0.5) is 9.59 Å². The molecule has 0 spiro atoms. The Morgan fingerprint density at radius 1 is 0.327 bits per heavy atom. The second-order valence-electron chi connectivity index (χ2n) is 14.9. The minimum Gasteiger partial charge on any atom is -0.872 e. The van der Waals surface area contributed by atoms with Crippen LogP contribution in [0.2, 0.25) is 0 Å². The molecular weight excluding hydrogens is 693 g/mol. The van der Waals surface area contributed by atoms with Gasteiger partial charge < -0.3 is 29.2 Å². The molecule has 0 amide bonds. The summed E-state index contributed by atoms with van der Waals surface area (Å²) >= 11 is 0. The van der Waals surface area contributed by atoms with Gasteiger partial charge in [0.15, 0.2) is 0 Å². The van der Waals surface area contributed by atoms with Gasteiger partial charge in [-0.05, 0) is 81.9 Å². The molecule has 0 fully saturated rings. The lowest BCUT2D eigenvalue weighted by Crippen LogP contribution is -2.20. The molecule has 6 aromatic carbocycles. The molecular formula is C47H42O8-2. The second-order valence-corrected chi connectivity index (χ2v) is 14.9. The molecule has 0 bridgehead atoms. The topological polar surface area (TPSA) is 117 Å². The lowest BCUT2D eigenvalue weighted by molar-refractivity contribution is -0.269. The van der Waals surface area contributed by atoms with Gasteiger partial charge in [0, 0.05) is 16.2 Å². The van der Waals surface area contributed by atoms with Crippen molar-refractivity contribution in [1.82, 2.24) is 0 Å². The molecule has 0 saturated carbocycles. The number of benzene rings is 6. The van der Waals surface area contributed by atoms with E-state index in [4.69, 9.17) is 18.9 Å². The minimum atomic E-state index is -0.858.